The highest BCUT2D eigenvalue weighted by atomic mass is 16.5. The van der Waals surface area contributed by atoms with Gasteiger partial charge in [-0.2, -0.15) is 0 Å². The van der Waals surface area contributed by atoms with E-state index in [9.17, 15) is 14.4 Å². The molecule has 1 saturated heterocycles. The lowest BCUT2D eigenvalue weighted by atomic mass is 9.83. The largest absolute Gasteiger partial charge is 0.453 e. The van der Waals surface area contributed by atoms with Crippen molar-refractivity contribution in [3.63, 3.8) is 0 Å². The first-order valence-electron chi connectivity index (χ1n) is 10.1. The summed E-state index contributed by atoms with van der Waals surface area (Å²) in [6.07, 6.45) is -0.0730. The number of hydrogen-bond donors (Lipinski definition) is 1. The minimum Gasteiger partial charge on any atom is -0.453 e. The van der Waals surface area contributed by atoms with Crippen LogP contribution in [0.2, 0.25) is 0 Å². The summed E-state index contributed by atoms with van der Waals surface area (Å²) in [7, 11) is 1.28. The second-order valence-electron chi connectivity index (χ2n) is 8.43. The van der Waals surface area contributed by atoms with Gasteiger partial charge in [0.05, 0.1) is 12.5 Å². The van der Waals surface area contributed by atoms with E-state index < -0.39 is 17.6 Å². The van der Waals surface area contributed by atoms with Gasteiger partial charge in [0.25, 0.3) is 0 Å². The number of piperazine rings is 1. The van der Waals surface area contributed by atoms with Crippen LogP contribution in [0.4, 0.5) is 4.79 Å². The van der Waals surface area contributed by atoms with Gasteiger partial charge in [0, 0.05) is 26.2 Å². The van der Waals surface area contributed by atoms with E-state index in [1.807, 2.05) is 62.9 Å². The average Bonchev–Trinajstić information content (AvgIpc) is 2.72. The first-order valence-corrected chi connectivity index (χ1v) is 10.1. The van der Waals surface area contributed by atoms with Gasteiger partial charge in [-0.1, -0.05) is 44.2 Å². The van der Waals surface area contributed by atoms with Gasteiger partial charge < -0.3 is 19.9 Å². The van der Waals surface area contributed by atoms with Crippen molar-refractivity contribution in [2.75, 3.05) is 33.3 Å². The Labute approximate surface area is 173 Å². The van der Waals surface area contributed by atoms with Crippen LogP contribution in [-0.2, 0) is 19.7 Å². The normalized spacial score (nSPS) is 15.8. The SMILES string of the molecule is COC(=O)NC(CC(C)C)C(=O)N1CCN(C(=O)C(C)(C)c2ccccc2)CC1. The van der Waals surface area contributed by atoms with E-state index in [2.05, 4.69) is 10.1 Å². The highest BCUT2D eigenvalue weighted by Gasteiger charge is 2.36. The summed E-state index contributed by atoms with van der Waals surface area (Å²) < 4.78 is 4.65. The van der Waals surface area contributed by atoms with Gasteiger partial charge in [-0.05, 0) is 31.7 Å². The van der Waals surface area contributed by atoms with Gasteiger partial charge in [0.15, 0.2) is 0 Å². The summed E-state index contributed by atoms with van der Waals surface area (Å²) >= 11 is 0. The van der Waals surface area contributed by atoms with Crippen LogP contribution in [0.5, 0.6) is 0 Å². The quantitative estimate of drug-likeness (QED) is 0.791. The summed E-state index contributed by atoms with van der Waals surface area (Å²) in [4.78, 5) is 41.2. The molecular formula is C22H33N3O4. The summed E-state index contributed by atoms with van der Waals surface area (Å²) in [5.41, 5.74) is 0.350. The molecule has 1 aliphatic heterocycles. The number of rotatable bonds is 6. The van der Waals surface area contributed by atoms with Gasteiger partial charge in [0.2, 0.25) is 11.8 Å². The Morgan fingerprint density at radius 2 is 1.59 bits per heavy atom. The number of methoxy groups -OCH3 is 1. The maximum absolute atomic E-state index is 13.1. The molecule has 0 saturated carbocycles. The molecule has 1 unspecified atom stereocenters. The number of amides is 3. The molecule has 1 aromatic carbocycles. The summed E-state index contributed by atoms with van der Waals surface area (Å²) in [5.74, 6) is 0.177. The van der Waals surface area contributed by atoms with Crippen LogP contribution in [0.1, 0.15) is 39.7 Å². The molecule has 1 N–H and O–H groups in total. The van der Waals surface area contributed by atoms with Crippen molar-refractivity contribution >= 4 is 17.9 Å². The van der Waals surface area contributed by atoms with Crippen LogP contribution in [-0.4, -0.2) is 67.0 Å². The maximum Gasteiger partial charge on any atom is 0.407 e. The molecule has 0 aromatic heterocycles. The van der Waals surface area contributed by atoms with Crippen molar-refractivity contribution in [2.45, 2.75) is 45.6 Å². The van der Waals surface area contributed by atoms with E-state index in [0.29, 0.717) is 32.6 Å². The van der Waals surface area contributed by atoms with Crippen molar-refractivity contribution in [2.24, 2.45) is 5.92 Å². The summed E-state index contributed by atoms with van der Waals surface area (Å²) in [5, 5.41) is 2.64. The van der Waals surface area contributed by atoms with Crippen LogP contribution < -0.4 is 5.32 Å². The van der Waals surface area contributed by atoms with Crippen molar-refractivity contribution in [1.82, 2.24) is 15.1 Å². The second-order valence-corrected chi connectivity index (χ2v) is 8.43. The third kappa shape index (κ3) is 5.71. The van der Waals surface area contributed by atoms with Gasteiger partial charge >= 0.3 is 6.09 Å². The number of carbonyl (C=O) groups is 3. The van der Waals surface area contributed by atoms with Crippen LogP contribution in [0.25, 0.3) is 0 Å². The second kappa shape index (κ2) is 9.76. The van der Waals surface area contributed by atoms with Gasteiger partial charge in [-0.15, -0.1) is 0 Å². The van der Waals surface area contributed by atoms with Gasteiger partial charge in [0.1, 0.15) is 6.04 Å². The zero-order valence-corrected chi connectivity index (χ0v) is 18.1. The lowest BCUT2D eigenvalue weighted by Crippen LogP contribution is -2.57. The lowest BCUT2D eigenvalue weighted by Gasteiger charge is -2.39. The van der Waals surface area contributed by atoms with E-state index in [1.165, 1.54) is 7.11 Å². The molecule has 1 heterocycles. The zero-order chi connectivity index (χ0) is 21.6. The van der Waals surface area contributed by atoms with Crippen molar-refractivity contribution in [3.05, 3.63) is 35.9 Å². The first-order chi connectivity index (χ1) is 13.7. The number of nitrogens with zero attached hydrogens (tertiary/aromatic N) is 2. The molecule has 0 spiro atoms. The molecule has 1 aromatic rings. The lowest BCUT2D eigenvalue weighted by molar-refractivity contribution is -0.143. The molecule has 0 aliphatic carbocycles. The summed E-state index contributed by atoms with van der Waals surface area (Å²) in [6.45, 7) is 9.73. The third-order valence-corrected chi connectivity index (χ3v) is 5.39. The van der Waals surface area contributed by atoms with Crippen LogP contribution in [0, 0.1) is 5.92 Å². The standard InChI is InChI=1S/C22H33N3O4/c1-16(2)15-18(23-21(28)29-5)19(26)24-11-13-25(14-12-24)20(27)22(3,4)17-9-7-6-8-10-17/h6-10,16,18H,11-15H2,1-5H3,(H,23,28). The number of alkyl carbamates (subject to hydrolysis) is 1. The minimum absolute atomic E-state index is 0.0576. The molecule has 160 valence electrons. The molecule has 1 aliphatic rings. The number of nitrogens with one attached hydrogen (secondary N) is 1. The fourth-order valence-corrected chi connectivity index (χ4v) is 3.62. The minimum atomic E-state index is -0.625. The fourth-order valence-electron chi connectivity index (χ4n) is 3.62. The van der Waals surface area contributed by atoms with E-state index >= 15 is 0 Å². The molecular weight excluding hydrogens is 370 g/mol. The molecule has 1 atom stereocenters. The average molecular weight is 404 g/mol. The van der Waals surface area contributed by atoms with E-state index in [1.54, 1.807) is 4.90 Å². The molecule has 0 bridgehead atoms. The van der Waals surface area contributed by atoms with Crippen LogP contribution >= 0.6 is 0 Å². The van der Waals surface area contributed by atoms with E-state index in [0.717, 1.165) is 5.56 Å². The summed E-state index contributed by atoms with van der Waals surface area (Å²) in [6, 6.07) is 9.11. The molecule has 29 heavy (non-hydrogen) atoms. The van der Waals surface area contributed by atoms with Gasteiger partial charge in [-0.3, -0.25) is 9.59 Å². The van der Waals surface area contributed by atoms with Crippen molar-refractivity contribution < 1.29 is 19.1 Å². The highest BCUT2D eigenvalue weighted by molar-refractivity contribution is 5.88. The van der Waals surface area contributed by atoms with Crippen LogP contribution in [0.15, 0.2) is 30.3 Å². The third-order valence-electron chi connectivity index (χ3n) is 5.39. The zero-order valence-electron chi connectivity index (χ0n) is 18.1. The first kappa shape index (κ1) is 22.7. The van der Waals surface area contributed by atoms with Gasteiger partial charge in [-0.25, -0.2) is 4.79 Å². The Bertz CT molecular complexity index is 710. The molecule has 7 heteroatoms. The highest BCUT2D eigenvalue weighted by Crippen LogP contribution is 2.26. The molecule has 7 nitrogen and oxygen atoms in total. The molecule has 3 amide bonds. The fraction of sp³-hybridized carbons (Fsp3) is 0.591. The predicted molar refractivity (Wildman–Crippen MR) is 111 cm³/mol. The monoisotopic (exact) mass is 403 g/mol. The predicted octanol–water partition coefficient (Wildman–Crippen LogP) is 2.41. The number of benzene rings is 1. The molecule has 0 radical (unpaired) electrons. The molecule has 1 fully saturated rings. The van der Waals surface area contributed by atoms with Crippen LogP contribution in [0.3, 0.4) is 0 Å². The smallest absolute Gasteiger partial charge is 0.407 e. The van der Waals surface area contributed by atoms with E-state index in [-0.39, 0.29) is 17.7 Å². The number of carbonyl (C=O) groups excluding carboxylic acids is 3. The molecule has 2 rings (SSSR count). The Hall–Kier alpha value is -2.57. The number of hydrogen-bond acceptors (Lipinski definition) is 4. The topological polar surface area (TPSA) is 79.0 Å². The Morgan fingerprint density at radius 1 is 1.03 bits per heavy atom. The van der Waals surface area contributed by atoms with E-state index in [4.69, 9.17) is 0 Å². The van der Waals surface area contributed by atoms with Crippen molar-refractivity contribution in [1.29, 1.82) is 0 Å². The van der Waals surface area contributed by atoms with Crippen molar-refractivity contribution in [3.8, 4) is 0 Å². The Morgan fingerprint density at radius 3 is 2.10 bits per heavy atom. The Kier molecular flexibility index (Phi) is 7.65. The number of ether oxygens (including phenoxy) is 1. The maximum atomic E-state index is 13.1. The Balaban J connectivity index is 2.00.